The van der Waals surface area contributed by atoms with E-state index in [1.807, 2.05) is 13.0 Å². The zero-order valence-electron chi connectivity index (χ0n) is 12.7. The molecule has 1 aromatic heterocycles. The first kappa shape index (κ1) is 16.1. The maximum absolute atomic E-state index is 12.1. The largest absolute Gasteiger partial charge is 0.351 e. The van der Waals surface area contributed by atoms with Crippen LogP contribution in [0.5, 0.6) is 0 Å². The lowest BCUT2D eigenvalue weighted by Gasteiger charge is -2.08. The van der Waals surface area contributed by atoms with Crippen LogP contribution < -0.4 is 11.1 Å². The highest BCUT2D eigenvalue weighted by molar-refractivity contribution is 7.14. The van der Waals surface area contributed by atoms with Crippen molar-refractivity contribution in [1.82, 2.24) is 5.32 Å². The fourth-order valence-corrected chi connectivity index (χ4v) is 3.79. The molecule has 3 nitrogen and oxygen atoms in total. The minimum atomic E-state index is 0.0234. The molecule has 1 aliphatic carbocycles. The highest BCUT2D eigenvalue weighted by Crippen LogP contribution is 2.28. The second-order valence-corrected chi connectivity index (χ2v) is 6.73. The van der Waals surface area contributed by atoms with Crippen molar-refractivity contribution in [3.05, 3.63) is 21.4 Å². The number of carbonyl (C=O) groups excluding carboxylic acids is 1. The predicted molar refractivity (Wildman–Crippen MR) is 88.5 cm³/mol. The van der Waals surface area contributed by atoms with Crippen molar-refractivity contribution in [2.24, 2.45) is 11.7 Å². The summed E-state index contributed by atoms with van der Waals surface area (Å²) in [5, 5.41) is 3.02. The summed E-state index contributed by atoms with van der Waals surface area (Å²) in [4.78, 5) is 13.8. The van der Waals surface area contributed by atoms with Crippen LogP contribution in [0.15, 0.2) is 6.07 Å². The SMILES string of the molecule is Cc1cc(C(=O)NCCCC2CCCC2)sc1C#CCN. The standard InChI is InChI=1S/C17H24N2OS/c1-13-12-16(21-15(13)9-4-10-18)17(20)19-11-5-8-14-6-2-3-7-14/h12,14H,2-3,5-8,10-11,18H2,1H3,(H,19,20). The van der Waals surface area contributed by atoms with Gasteiger partial charge in [-0.05, 0) is 37.3 Å². The molecule has 0 aromatic carbocycles. The molecule has 1 amide bonds. The summed E-state index contributed by atoms with van der Waals surface area (Å²) in [5.41, 5.74) is 6.43. The first-order valence-electron chi connectivity index (χ1n) is 7.78. The van der Waals surface area contributed by atoms with Crippen LogP contribution in [0.3, 0.4) is 0 Å². The number of nitrogens with two attached hydrogens (primary N) is 1. The molecular formula is C17H24N2OS. The molecule has 0 saturated heterocycles. The van der Waals surface area contributed by atoms with Crippen LogP contribution in [0.2, 0.25) is 0 Å². The molecular weight excluding hydrogens is 280 g/mol. The molecule has 114 valence electrons. The summed E-state index contributed by atoms with van der Waals surface area (Å²) in [6, 6.07) is 1.91. The van der Waals surface area contributed by atoms with Gasteiger partial charge in [0.05, 0.1) is 16.3 Å². The smallest absolute Gasteiger partial charge is 0.261 e. The Morgan fingerprint density at radius 1 is 1.48 bits per heavy atom. The summed E-state index contributed by atoms with van der Waals surface area (Å²) in [7, 11) is 0. The Labute approximate surface area is 131 Å². The summed E-state index contributed by atoms with van der Waals surface area (Å²) in [6.45, 7) is 3.10. The van der Waals surface area contributed by atoms with E-state index in [1.54, 1.807) is 0 Å². The zero-order chi connectivity index (χ0) is 15.1. The first-order chi connectivity index (χ1) is 10.2. The van der Waals surface area contributed by atoms with E-state index < -0.39 is 0 Å². The molecule has 1 heterocycles. The number of nitrogens with one attached hydrogen (secondary N) is 1. The van der Waals surface area contributed by atoms with E-state index in [2.05, 4.69) is 17.2 Å². The van der Waals surface area contributed by atoms with Gasteiger partial charge < -0.3 is 11.1 Å². The minimum Gasteiger partial charge on any atom is -0.351 e. The second kappa shape index (κ2) is 8.21. The Morgan fingerprint density at radius 2 is 2.24 bits per heavy atom. The Hall–Kier alpha value is -1.31. The van der Waals surface area contributed by atoms with Crippen LogP contribution in [0.25, 0.3) is 0 Å². The molecule has 21 heavy (non-hydrogen) atoms. The van der Waals surface area contributed by atoms with Gasteiger partial charge in [0.25, 0.3) is 5.91 Å². The van der Waals surface area contributed by atoms with Crippen molar-refractivity contribution in [2.75, 3.05) is 13.1 Å². The Kier molecular flexibility index (Phi) is 6.28. The minimum absolute atomic E-state index is 0.0234. The van der Waals surface area contributed by atoms with Crippen molar-refractivity contribution in [2.45, 2.75) is 45.4 Å². The van der Waals surface area contributed by atoms with Gasteiger partial charge in [-0.2, -0.15) is 0 Å². The van der Waals surface area contributed by atoms with Gasteiger partial charge in [0.15, 0.2) is 0 Å². The molecule has 0 bridgehead atoms. The van der Waals surface area contributed by atoms with Crippen molar-refractivity contribution in [3.8, 4) is 11.8 Å². The van der Waals surface area contributed by atoms with Gasteiger partial charge in [-0.15, -0.1) is 11.3 Å². The topological polar surface area (TPSA) is 55.1 Å². The predicted octanol–water partition coefficient (Wildman–Crippen LogP) is 3.07. The number of hydrogen-bond acceptors (Lipinski definition) is 3. The van der Waals surface area contributed by atoms with Gasteiger partial charge in [0.1, 0.15) is 0 Å². The lowest BCUT2D eigenvalue weighted by Crippen LogP contribution is -2.23. The molecule has 2 rings (SSSR count). The van der Waals surface area contributed by atoms with Crippen molar-refractivity contribution >= 4 is 17.2 Å². The van der Waals surface area contributed by atoms with Gasteiger partial charge in [-0.25, -0.2) is 0 Å². The summed E-state index contributed by atoms with van der Waals surface area (Å²) in [5.74, 6) is 6.77. The zero-order valence-corrected chi connectivity index (χ0v) is 13.5. The molecule has 1 aliphatic rings. The first-order valence-corrected chi connectivity index (χ1v) is 8.60. The van der Waals surface area contributed by atoms with Crippen LogP contribution in [0.1, 0.15) is 58.6 Å². The van der Waals surface area contributed by atoms with E-state index in [1.165, 1.54) is 43.4 Å². The number of thiophene rings is 1. The van der Waals surface area contributed by atoms with E-state index in [4.69, 9.17) is 5.73 Å². The number of hydrogen-bond donors (Lipinski definition) is 2. The Bertz CT molecular complexity index is 533. The molecule has 1 fully saturated rings. The fourth-order valence-electron chi connectivity index (χ4n) is 2.83. The lowest BCUT2D eigenvalue weighted by atomic mass is 10.0. The van der Waals surface area contributed by atoms with Gasteiger partial charge in [0.2, 0.25) is 0 Å². The van der Waals surface area contributed by atoms with Crippen LogP contribution in [-0.2, 0) is 0 Å². The van der Waals surface area contributed by atoms with E-state index in [9.17, 15) is 4.79 Å². The lowest BCUT2D eigenvalue weighted by molar-refractivity contribution is 0.0956. The number of aryl methyl sites for hydroxylation is 1. The normalized spacial score (nSPS) is 14.8. The summed E-state index contributed by atoms with van der Waals surface area (Å²) in [6.07, 6.45) is 7.86. The van der Waals surface area contributed by atoms with Crippen molar-refractivity contribution in [3.63, 3.8) is 0 Å². The van der Waals surface area contributed by atoms with Gasteiger partial charge in [0, 0.05) is 6.54 Å². The molecule has 0 unspecified atom stereocenters. The van der Waals surface area contributed by atoms with Gasteiger partial charge in [-0.1, -0.05) is 37.5 Å². The van der Waals surface area contributed by atoms with Crippen LogP contribution in [-0.4, -0.2) is 19.0 Å². The van der Waals surface area contributed by atoms with Crippen LogP contribution in [0.4, 0.5) is 0 Å². The molecule has 0 radical (unpaired) electrons. The molecule has 1 saturated carbocycles. The monoisotopic (exact) mass is 304 g/mol. The maximum atomic E-state index is 12.1. The van der Waals surface area contributed by atoms with Gasteiger partial charge >= 0.3 is 0 Å². The molecule has 0 spiro atoms. The number of amides is 1. The average molecular weight is 304 g/mol. The highest BCUT2D eigenvalue weighted by atomic mass is 32.1. The summed E-state index contributed by atoms with van der Waals surface area (Å²) >= 11 is 1.45. The van der Waals surface area contributed by atoms with Crippen LogP contribution >= 0.6 is 11.3 Å². The van der Waals surface area contributed by atoms with E-state index in [0.29, 0.717) is 6.54 Å². The summed E-state index contributed by atoms with van der Waals surface area (Å²) < 4.78 is 0. The third-order valence-corrected chi connectivity index (χ3v) is 5.15. The average Bonchev–Trinajstić information content (AvgIpc) is 3.11. The third-order valence-electron chi connectivity index (χ3n) is 4.00. The maximum Gasteiger partial charge on any atom is 0.261 e. The van der Waals surface area contributed by atoms with Crippen molar-refractivity contribution in [1.29, 1.82) is 0 Å². The Balaban J connectivity index is 1.77. The molecule has 1 aromatic rings. The number of rotatable bonds is 5. The van der Waals surface area contributed by atoms with E-state index in [0.717, 1.165) is 34.2 Å². The fraction of sp³-hybridized carbons (Fsp3) is 0.588. The second-order valence-electron chi connectivity index (χ2n) is 5.68. The molecule has 0 atom stereocenters. The van der Waals surface area contributed by atoms with E-state index in [-0.39, 0.29) is 5.91 Å². The van der Waals surface area contributed by atoms with Gasteiger partial charge in [-0.3, -0.25) is 4.79 Å². The Morgan fingerprint density at radius 3 is 2.95 bits per heavy atom. The third kappa shape index (κ3) is 4.87. The van der Waals surface area contributed by atoms with E-state index >= 15 is 0 Å². The quantitative estimate of drug-likeness (QED) is 0.649. The highest BCUT2D eigenvalue weighted by Gasteiger charge is 2.15. The molecule has 0 aliphatic heterocycles. The molecule has 4 heteroatoms. The van der Waals surface area contributed by atoms with Crippen LogP contribution in [0, 0.1) is 24.7 Å². The van der Waals surface area contributed by atoms with Crippen molar-refractivity contribution < 1.29 is 4.79 Å². The molecule has 3 N–H and O–H groups in total. The number of carbonyl (C=O) groups is 1.